The first-order valence-corrected chi connectivity index (χ1v) is 7.33. The van der Waals surface area contributed by atoms with Gasteiger partial charge in [0.2, 0.25) is 5.91 Å². The number of carbonyl (C=O) groups is 1. The summed E-state index contributed by atoms with van der Waals surface area (Å²) in [5.41, 5.74) is 0.422. The van der Waals surface area contributed by atoms with Gasteiger partial charge in [0.25, 0.3) is 10.0 Å². The molecule has 0 aliphatic carbocycles. The van der Waals surface area contributed by atoms with Crippen molar-refractivity contribution in [2.24, 2.45) is 0 Å². The maximum atomic E-state index is 13.6. The maximum Gasteiger partial charge on any atom is 0.267 e. The summed E-state index contributed by atoms with van der Waals surface area (Å²) in [7, 11) is -4.21. The number of alkyl halides is 1. The molecule has 17 heavy (non-hydrogen) atoms. The van der Waals surface area contributed by atoms with Crippen LogP contribution in [0.15, 0.2) is 17.0 Å². The van der Waals surface area contributed by atoms with E-state index < -0.39 is 26.6 Å². The van der Waals surface area contributed by atoms with Gasteiger partial charge >= 0.3 is 0 Å². The molecule has 1 aromatic rings. The fourth-order valence-electron chi connectivity index (χ4n) is 1.12. The second-order valence-electron chi connectivity index (χ2n) is 3.17. The van der Waals surface area contributed by atoms with Crippen molar-refractivity contribution < 1.29 is 17.6 Å². The number of rotatable bonds is 3. The van der Waals surface area contributed by atoms with Gasteiger partial charge in [-0.05, 0) is 17.7 Å². The van der Waals surface area contributed by atoms with E-state index in [4.69, 9.17) is 11.6 Å². The minimum absolute atomic E-state index is 0.104. The number of carbonyl (C=O) groups excluding carboxylic acids is 1. The number of amides is 1. The van der Waals surface area contributed by atoms with Gasteiger partial charge in [-0.1, -0.05) is 27.5 Å². The average Bonchev–Trinajstić information content (AvgIpc) is 2.18. The smallest absolute Gasteiger partial charge is 0.267 e. The van der Waals surface area contributed by atoms with E-state index in [1.807, 2.05) is 0 Å². The molecule has 94 valence electrons. The van der Waals surface area contributed by atoms with Gasteiger partial charge in [-0.25, -0.2) is 17.5 Å². The molecule has 1 rings (SSSR count). The van der Waals surface area contributed by atoms with Crippen LogP contribution in [0.4, 0.5) is 4.39 Å². The fraction of sp³-hybridized carbons (Fsp3) is 0.222. The summed E-state index contributed by atoms with van der Waals surface area (Å²) < 4.78 is 38.4. The Labute approximate surface area is 111 Å². The average molecular weight is 345 g/mol. The Balaban J connectivity index is 3.33. The van der Waals surface area contributed by atoms with E-state index in [1.54, 1.807) is 4.72 Å². The maximum absolute atomic E-state index is 13.6. The lowest BCUT2D eigenvalue weighted by Crippen LogP contribution is -2.29. The first kappa shape index (κ1) is 14.4. The Hall–Kier alpha value is -0.660. The third-order valence-corrected chi connectivity index (χ3v) is 4.22. The third kappa shape index (κ3) is 3.40. The van der Waals surface area contributed by atoms with Gasteiger partial charge in [-0.15, -0.1) is 0 Å². The van der Waals surface area contributed by atoms with E-state index in [1.165, 1.54) is 0 Å². The van der Waals surface area contributed by atoms with Crippen molar-refractivity contribution in [2.45, 2.75) is 17.1 Å². The summed E-state index contributed by atoms with van der Waals surface area (Å²) in [6.45, 7) is 1.02. The second-order valence-corrected chi connectivity index (χ2v) is 5.79. The molecule has 0 unspecified atom stereocenters. The zero-order valence-electron chi connectivity index (χ0n) is 8.63. The van der Waals surface area contributed by atoms with E-state index >= 15 is 0 Å². The van der Waals surface area contributed by atoms with E-state index in [0.29, 0.717) is 10.9 Å². The van der Waals surface area contributed by atoms with Crippen molar-refractivity contribution in [3.8, 4) is 0 Å². The monoisotopic (exact) mass is 343 g/mol. The number of sulfonamides is 1. The normalized spacial score (nSPS) is 11.3. The van der Waals surface area contributed by atoms with Crippen LogP contribution in [0.1, 0.15) is 12.5 Å². The van der Waals surface area contributed by atoms with Gasteiger partial charge in [0.1, 0.15) is 10.7 Å². The van der Waals surface area contributed by atoms with Crippen molar-refractivity contribution in [3.63, 3.8) is 0 Å². The van der Waals surface area contributed by atoms with Gasteiger partial charge in [0.15, 0.2) is 0 Å². The number of hydrogen-bond donors (Lipinski definition) is 1. The molecule has 0 saturated carbocycles. The summed E-state index contributed by atoms with van der Waals surface area (Å²) in [5, 5.41) is 0.399. The van der Waals surface area contributed by atoms with Crippen LogP contribution in [-0.4, -0.2) is 14.3 Å². The van der Waals surface area contributed by atoms with Gasteiger partial charge in [-0.3, -0.25) is 4.79 Å². The highest BCUT2D eigenvalue weighted by molar-refractivity contribution is 9.08. The van der Waals surface area contributed by atoms with E-state index in [9.17, 15) is 17.6 Å². The first-order chi connectivity index (χ1) is 7.77. The van der Waals surface area contributed by atoms with E-state index in [2.05, 4.69) is 15.9 Å². The number of benzene rings is 1. The summed E-state index contributed by atoms with van der Waals surface area (Å²) in [5.74, 6) is -1.76. The lowest BCUT2D eigenvalue weighted by molar-refractivity contribution is -0.117. The Morgan fingerprint density at radius 1 is 1.53 bits per heavy atom. The fourth-order valence-corrected chi connectivity index (χ4v) is 3.12. The summed E-state index contributed by atoms with van der Waals surface area (Å²) in [6, 6.07) is 1.98. The standard InChI is InChI=1S/C9H8BrClFNO3S/c1-5(14)13-17(15,16)9-3-7(11)6(4-10)2-8(9)12/h2-3H,4H2,1H3,(H,13,14). The largest absolute Gasteiger partial charge is 0.274 e. The predicted octanol–water partition coefficient (Wildman–Crippen LogP) is 2.20. The molecule has 0 saturated heterocycles. The first-order valence-electron chi connectivity index (χ1n) is 4.35. The molecular weight excluding hydrogens is 337 g/mol. The Bertz CT molecular complexity index is 562. The van der Waals surface area contributed by atoms with Crippen LogP contribution in [0.3, 0.4) is 0 Å². The minimum atomic E-state index is -4.21. The number of hydrogen-bond acceptors (Lipinski definition) is 3. The third-order valence-electron chi connectivity index (χ3n) is 1.81. The van der Waals surface area contributed by atoms with E-state index in [-0.39, 0.29) is 5.02 Å². The zero-order chi connectivity index (χ0) is 13.2. The Kier molecular flexibility index (Phi) is 4.51. The quantitative estimate of drug-likeness (QED) is 0.855. The van der Waals surface area contributed by atoms with Gasteiger partial charge < -0.3 is 0 Å². The van der Waals surface area contributed by atoms with E-state index in [0.717, 1.165) is 19.1 Å². The van der Waals surface area contributed by atoms with Crippen molar-refractivity contribution in [3.05, 3.63) is 28.5 Å². The van der Waals surface area contributed by atoms with Crippen molar-refractivity contribution in [1.29, 1.82) is 0 Å². The molecular formula is C9H8BrClFNO3S. The molecule has 1 aromatic carbocycles. The van der Waals surface area contributed by atoms with Crippen molar-refractivity contribution in [2.75, 3.05) is 0 Å². The molecule has 0 fully saturated rings. The lowest BCUT2D eigenvalue weighted by atomic mass is 10.2. The van der Waals surface area contributed by atoms with Crippen LogP contribution in [0.5, 0.6) is 0 Å². The zero-order valence-corrected chi connectivity index (χ0v) is 11.8. The molecule has 8 heteroatoms. The summed E-state index contributed by atoms with van der Waals surface area (Å²) in [4.78, 5) is 10.0. The molecule has 0 spiro atoms. The Morgan fingerprint density at radius 2 is 2.12 bits per heavy atom. The van der Waals surface area contributed by atoms with Crippen LogP contribution in [0.25, 0.3) is 0 Å². The van der Waals surface area contributed by atoms with Gasteiger partial charge in [0, 0.05) is 17.3 Å². The highest BCUT2D eigenvalue weighted by Crippen LogP contribution is 2.25. The highest BCUT2D eigenvalue weighted by Gasteiger charge is 2.21. The predicted molar refractivity (Wildman–Crippen MR) is 65.0 cm³/mol. The molecule has 0 bridgehead atoms. The lowest BCUT2D eigenvalue weighted by Gasteiger charge is -2.08. The van der Waals surface area contributed by atoms with Crippen molar-refractivity contribution in [1.82, 2.24) is 4.72 Å². The minimum Gasteiger partial charge on any atom is -0.274 e. The molecule has 0 aliphatic heterocycles. The van der Waals surface area contributed by atoms with Gasteiger partial charge in [0.05, 0.1) is 0 Å². The summed E-state index contributed by atoms with van der Waals surface area (Å²) >= 11 is 8.86. The summed E-state index contributed by atoms with van der Waals surface area (Å²) in [6.07, 6.45) is 0. The second kappa shape index (κ2) is 5.32. The van der Waals surface area contributed by atoms with Crippen LogP contribution >= 0.6 is 27.5 Å². The molecule has 0 heterocycles. The molecule has 0 aliphatic rings. The molecule has 1 N–H and O–H groups in total. The topological polar surface area (TPSA) is 63.2 Å². The SMILES string of the molecule is CC(=O)NS(=O)(=O)c1cc(Cl)c(CBr)cc1F. The van der Waals surface area contributed by atoms with Crippen LogP contribution in [-0.2, 0) is 20.1 Å². The molecule has 0 atom stereocenters. The molecule has 0 radical (unpaired) electrons. The van der Waals surface area contributed by atoms with Crippen LogP contribution < -0.4 is 4.72 Å². The Morgan fingerprint density at radius 3 is 2.59 bits per heavy atom. The highest BCUT2D eigenvalue weighted by atomic mass is 79.9. The molecule has 0 aromatic heterocycles. The van der Waals surface area contributed by atoms with Crippen LogP contribution in [0, 0.1) is 5.82 Å². The number of nitrogens with one attached hydrogen (secondary N) is 1. The van der Waals surface area contributed by atoms with Crippen molar-refractivity contribution >= 4 is 43.5 Å². The molecule has 4 nitrogen and oxygen atoms in total. The van der Waals surface area contributed by atoms with Gasteiger partial charge in [-0.2, -0.15) is 0 Å². The molecule has 1 amide bonds. The number of halogens is 3. The van der Waals surface area contributed by atoms with Crippen LogP contribution in [0.2, 0.25) is 5.02 Å².